The van der Waals surface area contributed by atoms with Crippen molar-refractivity contribution in [1.29, 1.82) is 0 Å². The normalized spacial score (nSPS) is 11.6. The van der Waals surface area contributed by atoms with E-state index < -0.39 is 15.4 Å². The molecular formula is C7H6FN5O2S. The molecule has 0 aromatic carbocycles. The van der Waals surface area contributed by atoms with Crippen LogP contribution in [-0.2, 0) is 17.3 Å². The van der Waals surface area contributed by atoms with Gasteiger partial charge in [-0.3, -0.25) is 4.57 Å². The van der Waals surface area contributed by atoms with Gasteiger partial charge in [0.05, 0.1) is 5.56 Å². The second-order valence-corrected chi connectivity index (χ2v) is 4.17. The second-order valence-electron chi connectivity index (χ2n) is 2.93. The van der Waals surface area contributed by atoms with Crippen LogP contribution >= 0.6 is 0 Å². The van der Waals surface area contributed by atoms with Gasteiger partial charge in [0.2, 0.25) is 0 Å². The Morgan fingerprint density at radius 3 is 2.38 bits per heavy atom. The molecule has 0 unspecified atom stereocenters. The quantitative estimate of drug-likeness (QED) is 0.686. The van der Waals surface area contributed by atoms with E-state index in [0.717, 1.165) is 4.57 Å². The Kier molecular flexibility index (Phi) is 2.38. The van der Waals surface area contributed by atoms with Crippen LogP contribution in [0.3, 0.4) is 0 Å². The fraction of sp³-hybridized carbons (Fsp3) is 0.143. The van der Waals surface area contributed by atoms with Crippen molar-refractivity contribution >= 4 is 10.2 Å². The molecule has 2 aromatic rings. The number of nitrogens with zero attached hydrogens (tertiary/aromatic N) is 5. The molecule has 9 heteroatoms. The molecule has 7 nitrogen and oxygen atoms in total. The summed E-state index contributed by atoms with van der Waals surface area (Å²) in [6, 6.07) is 0. The Morgan fingerprint density at radius 2 is 1.88 bits per heavy atom. The number of aromatic nitrogens is 5. The van der Waals surface area contributed by atoms with Crippen molar-refractivity contribution in [3.63, 3.8) is 0 Å². The zero-order valence-corrected chi connectivity index (χ0v) is 8.89. The van der Waals surface area contributed by atoms with E-state index >= 15 is 0 Å². The van der Waals surface area contributed by atoms with Crippen LogP contribution in [0.15, 0.2) is 23.9 Å². The van der Waals surface area contributed by atoms with Gasteiger partial charge in [0.1, 0.15) is 6.33 Å². The maximum Gasteiger partial charge on any atom is 0.368 e. The van der Waals surface area contributed by atoms with E-state index in [1.165, 1.54) is 25.8 Å². The number of hydrogen-bond acceptors (Lipinski definition) is 6. The average molecular weight is 243 g/mol. The smallest absolute Gasteiger partial charge is 0.299 e. The largest absolute Gasteiger partial charge is 0.368 e. The van der Waals surface area contributed by atoms with Gasteiger partial charge in [-0.15, -0.1) is 10.2 Å². The van der Waals surface area contributed by atoms with Crippen molar-refractivity contribution < 1.29 is 12.3 Å². The second kappa shape index (κ2) is 3.59. The third-order valence-electron chi connectivity index (χ3n) is 1.87. The molecule has 0 saturated carbocycles. The predicted molar refractivity (Wildman–Crippen MR) is 50.3 cm³/mol. The molecule has 2 heterocycles. The van der Waals surface area contributed by atoms with Gasteiger partial charge in [-0.1, -0.05) is 3.89 Å². The Morgan fingerprint density at radius 1 is 1.25 bits per heavy atom. The molecule has 84 valence electrons. The summed E-state index contributed by atoms with van der Waals surface area (Å²) in [5.74, 6) is 0.178. The summed E-state index contributed by atoms with van der Waals surface area (Å²) < 4.78 is 35.1. The molecule has 0 radical (unpaired) electrons. The molecule has 0 atom stereocenters. The van der Waals surface area contributed by atoms with E-state index in [0.29, 0.717) is 5.56 Å². The lowest BCUT2D eigenvalue weighted by molar-refractivity contribution is 0.534. The molecule has 0 spiro atoms. The summed E-state index contributed by atoms with van der Waals surface area (Å²) in [6.45, 7) is 0. The lowest BCUT2D eigenvalue weighted by Crippen LogP contribution is -2.03. The Bertz CT molecular complexity index is 609. The van der Waals surface area contributed by atoms with Crippen molar-refractivity contribution in [2.75, 3.05) is 0 Å². The average Bonchev–Trinajstić information content (AvgIpc) is 2.61. The summed E-state index contributed by atoms with van der Waals surface area (Å²) in [4.78, 5) is 7.48. The molecule has 0 amide bonds. The molecule has 0 bridgehead atoms. The van der Waals surface area contributed by atoms with Crippen LogP contribution in [0.4, 0.5) is 3.89 Å². The van der Waals surface area contributed by atoms with E-state index in [1.54, 1.807) is 0 Å². The van der Waals surface area contributed by atoms with Gasteiger partial charge in [0, 0.05) is 19.4 Å². The molecule has 0 saturated heterocycles. The van der Waals surface area contributed by atoms with Crippen molar-refractivity contribution in [2.24, 2.45) is 7.05 Å². The van der Waals surface area contributed by atoms with Crippen LogP contribution in [0, 0.1) is 0 Å². The first kappa shape index (κ1) is 10.6. The number of hydrogen-bond donors (Lipinski definition) is 0. The van der Waals surface area contributed by atoms with Gasteiger partial charge in [0.15, 0.2) is 5.82 Å². The van der Waals surface area contributed by atoms with Gasteiger partial charge in [-0.25, -0.2) is 9.97 Å². The molecule has 0 N–H and O–H groups in total. The molecule has 2 rings (SSSR count). The summed E-state index contributed by atoms with van der Waals surface area (Å²) in [5.41, 5.74) is 0.451. The van der Waals surface area contributed by atoms with Crippen LogP contribution in [-0.4, -0.2) is 33.2 Å². The minimum Gasteiger partial charge on any atom is -0.299 e. The van der Waals surface area contributed by atoms with Crippen LogP contribution in [0.2, 0.25) is 0 Å². The molecule has 0 aliphatic carbocycles. The molecule has 2 aromatic heterocycles. The molecule has 0 fully saturated rings. The highest BCUT2D eigenvalue weighted by Crippen LogP contribution is 2.17. The first-order valence-electron chi connectivity index (χ1n) is 4.09. The standard InChI is InChI=1S/C7H6FN5O2S/c1-13-6(5-2-9-4-10-3-5)11-12-7(13)16(8,14)15/h2-4H,1H3. The highest BCUT2D eigenvalue weighted by atomic mass is 32.3. The summed E-state index contributed by atoms with van der Waals surface area (Å²) in [6.07, 6.45) is 4.16. The highest BCUT2D eigenvalue weighted by molar-refractivity contribution is 7.86. The van der Waals surface area contributed by atoms with Gasteiger partial charge >= 0.3 is 10.2 Å². The van der Waals surface area contributed by atoms with Gasteiger partial charge in [-0.05, 0) is 0 Å². The maximum atomic E-state index is 12.7. The molecular weight excluding hydrogens is 237 g/mol. The lowest BCUT2D eigenvalue weighted by atomic mass is 10.3. The first-order chi connectivity index (χ1) is 7.50. The monoisotopic (exact) mass is 243 g/mol. The topological polar surface area (TPSA) is 90.6 Å². The van der Waals surface area contributed by atoms with Crippen molar-refractivity contribution in [3.05, 3.63) is 18.7 Å². The van der Waals surface area contributed by atoms with E-state index in [1.807, 2.05) is 0 Å². The van der Waals surface area contributed by atoms with E-state index in [4.69, 9.17) is 0 Å². The lowest BCUT2D eigenvalue weighted by Gasteiger charge is -1.99. The van der Waals surface area contributed by atoms with Crippen LogP contribution < -0.4 is 0 Å². The number of rotatable bonds is 2. The van der Waals surface area contributed by atoms with Crippen LogP contribution in [0.1, 0.15) is 0 Å². The fourth-order valence-electron chi connectivity index (χ4n) is 1.19. The Labute approximate surface area is 90.2 Å². The van der Waals surface area contributed by atoms with Crippen molar-refractivity contribution in [1.82, 2.24) is 24.7 Å². The van der Waals surface area contributed by atoms with Crippen LogP contribution in [0.25, 0.3) is 11.4 Å². The van der Waals surface area contributed by atoms with Crippen molar-refractivity contribution in [2.45, 2.75) is 5.16 Å². The third-order valence-corrected chi connectivity index (χ3v) is 2.66. The van der Waals surface area contributed by atoms with E-state index in [-0.39, 0.29) is 5.82 Å². The van der Waals surface area contributed by atoms with E-state index in [2.05, 4.69) is 20.2 Å². The van der Waals surface area contributed by atoms with E-state index in [9.17, 15) is 12.3 Å². The van der Waals surface area contributed by atoms with Gasteiger partial charge in [0.25, 0.3) is 5.16 Å². The number of halogens is 1. The Hall–Kier alpha value is -1.90. The van der Waals surface area contributed by atoms with Gasteiger partial charge in [-0.2, -0.15) is 8.42 Å². The van der Waals surface area contributed by atoms with Crippen LogP contribution in [0.5, 0.6) is 0 Å². The highest BCUT2D eigenvalue weighted by Gasteiger charge is 2.22. The fourth-order valence-corrected chi connectivity index (χ4v) is 1.75. The third kappa shape index (κ3) is 1.76. The first-order valence-corrected chi connectivity index (χ1v) is 5.48. The summed E-state index contributed by atoms with van der Waals surface area (Å²) in [5, 5.41) is 6.08. The summed E-state index contributed by atoms with van der Waals surface area (Å²) in [7, 11) is -3.53. The Balaban J connectivity index is 2.59. The zero-order chi connectivity index (χ0) is 11.8. The SMILES string of the molecule is Cn1c(-c2cncnc2)nnc1S(=O)(=O)F. The summed E-state index contributed by atoms with van der Waals surface area (Å²) >= 11 is 0. The maximum absolute atomic E-state index is 12.7. The zero-order valence-electron chi connectivity index (χ0n) is 8.07. The minimum absolute atomic E-state index is 0.178. The molecule has 0 aliphatic rings. The minimum atomic E-state index is -4.87. The predicted octanol–water partition coefficient (Wildman–Crippen LogP) is -0.0697. The molecule has 0 aliphatic heterocycles. The van der Waals surface area contributed by atoms with Crippen molar-refractivity contribution in [3.8, 4) is 11.4 Å². The molecule has 16 heavy (non-hydrogen) atoms. The van der Waals surface area contributed by atoms with Gasteiger partial charge < -0.3 is 0 Å².